The number of hydrogen-bond donors (Lipinski definition) is 1. The predicted octanol–water partition coefficient (Wildman–Crippen LogP) is 2.92. The SMILES string of the molecule is O=S(=O)(O)c1ccc(/C=I/c2ccccc2)cc1. The standard InChI is InChI=1S/C13H11IO3S/c15-18(16,17)13-8-6-11(7-9-13)10-14-12-4-2-1-3-5-12/h1-10H,(H,15,16,17). The molecule has 94 valence electrons. The molecule has 0 spiro atoms. The second-order valence-corrected chi connectivity index (χ2v) is 7.47. The van der Waals surface area contributed by atoms with Crippen LogP contribution < -0.4 is 0 Å². The largest absolute Gasteiger partial charge is 0.294 e. The average Bonchev–Trinajstić information content (AvgIpc) is 2.37. The molecule has 0 saturated heterocycles. The Balaban J connectivity index is 2.19. The fourth-order valence-corrected chi connectivity index (χ4v) is 3.77. The van der Waals surface area contributed by atoms with Crippen molar-refractivity contribution in [1.29, 1.82) is 0 Å². The predicted molar refractivity (Wildman–Crippen MR) is 80.6 cm³/mol. The van der Waals surface area contributed by atoms with Crippen LogP contribution in [-0.4, -0.2) is 17.0 Å². The topological polar surface area (TPSA) is 54.4 Å². The van der Waals surface area contributed by atoms with Crippen LogP contribution in [0.4, 0.5) is 0 Å². The molecule has 2 aromatic carbocycles. The molecule has 5 heteroatoms. The average molecular weight is 374 g/mol. The molecule has 0 fully saturated rings. The summed E-state index contributed by atoms with van der Waals surface area (Å²) in [5, 5.41) is 0. The monoisotopic (exact) mass is 374 g/mol. The van der Waals surface area contributed by atoms with Crippen molar-refractivity contribution in [3.63, 3.8) is 0 Å². The highest BCUT2D eigenvalue weighted by molar-refractivity contribution is 14.2. The van der Waals surface area contributed by atoms with Crippen molar-refractivity contribution in [2.45, 2.75) is 4.90 Å². The summed E-state index contributed by atoms with van der Waals surface area (Å²) in [7, 11) is -4.09. The van der Waals surface area contributed by atoms with Gasteiger partial charge in [-0.2, -0.15) is 8.42 Å². The van der Waals surface area contributed by atoms with Crippen molar-refractivity contribution in [1.82, 2.24) is 0 Å². The zero-order chi connectivity index (χ0) is 13.0. The van der Waals surface area contributed by atoms with Gasteiger partial charge in [-0.05, 0) is 33.8 Å². The first-order valence-electron chi connectivity index (χ1n) is 5.15. The minimum absolute atomic E-state index is 0.0717. The molecule has 0 bridgehead atoms. The van der Waals surface area contributed by atoms with Gasteiger partial charge in [-0.25, -0.2) is 0 Å². The molecule has 0 aliphatic rings. The molecule has 2 aromatic rings. The van der Waals surface area contributed by atoms with E-state index in [9.17, 15) is 8.42 Å². The van der Waals surface area contributed by atoms with Gasteiger partial charge in [0.25, 0.3) is 10.1 Å². The van der Waals surface area contributed by atoms with Gasteiger partial charge in [-0.15, -0.1) is 0 Å². The summed E-state index contributed by atoms with van der Waals surface area (Å²) >= 11 is -0.228. The number of benzene rings is 2. The summed E-state index contributed by atoms with van der Waals surface area (Å²) in [6.45, 7) is 0. The Hall–Kier alpha value is -1.05. The summed E-state index contributed by atoms with van der Waals surface area (Å²) in [5.41, 5.74) is 0.971. The first-order chi connectivity index (χ1) is 8.55. The van der Waals surface area contributed by atoms with Gasteiger partial charge in [0.05, 0.1) is 4.90 Å². The third-order valence-corrected chi connectivity index (χ3v) is 5.55. The van der Waals surface area contributed by atoms with E-state index < -0.39 is 10.1 Å². The first-order valence-corrected chi connectivity index (χ1v) is 8.91. The molecular weight excluding hydrogens is 363 g/mol. The molecule has 0 aliphatic heterocycles. The molecule has 2 rings (SSSR count). The lowest BCUT2D eigenvalue weighted by Gasteiger charge is -1.97. The maximum absolute atomic E-state index is 10.9. The van der Waals surface area contributed by atoms with E-state index in [1.807, 2.05) is 18.2 Å². The smallest absolute Gasteiger partial charge is 0.282 e. The van der Waals surface area contributed by atoms with E-state index in [4.69, 9.17) is 4.55 Å². The van der Waals surface area contributed by atoms with Crippen molar-refractivity contribution in [2.75, 3.05) is 0 Å². The molecule has 3 nitrogen and oxygen atoms in total. The van der Waals surface area contributed by atoms with Gasteiger partial charge >= 0.3 is 0 Å². The fraction of sp³-hybridized carbons (Fsp3) is 0. The van der Waals surface area contributed by atoms with Crippen molar-refractivity contribution < 1.29 is 13.0 Å². The van der Waals surface area contributed by atoms with Gasteiger partial charge in [-0.3, -0.25) is 4.55 Å². The molecular formula is C13H11IO3S. The molecule has 0 radical (unpaired) electrons. The van der Waals surface area contributed by atoms with Gasteiger partial charge in [0.1, 0.15) is 0 Å². The molecule has 0 unspecified atom stereocenters. The highest BCUT2D eigenvalue weighted by atomic mass is 127. The lowest BCUT2D eigenvalue weighted by Crippen LogP contribution is -1.97. The maximum atomic E-state index is 10.9. The molecule has 0 saturated carbocycles. The Kier molecular flexibility index (Phi) is 4.26. The fourth-order valence-electron chi connectivity index (χ4n) is 1.33. The van der Waals surface area contributed by atoms with Crippen LogP contribution in [0.1, 0.15) is 5.56 Å². The molecule has 18 heavy (non-hydrogen) atoms. The summed E-state index contributed by atoms with van der Waals surface area (Å²) in [6, 6.07) is 16.4. The van der Waals surface area contributed by atoms with Crippen molar-refractivity contribution >= 4 is 34.9 Å². The minimum Gasteiger partial charge on any atom is -0.282 e. The van der Waals surface area contributed by atoms with Crippen LogP contribution >= 0.6 is 20.7 Å². The summed E-state index contributed by atoms with van der Waals surface area (Å²) in [6.07, 6.45) is 0. The van der Waals surface area contributed by atoms with Crippen LogP contribution in [0.2, 0.25) is 0 Å². The van der Waals surface area contributed by atoms with Crippen molar-refractivity contribution in [3.8, 4) is 0 Å². The van der Waals surface area contributed by atoms with E-state index in [1.54, 1.807) is 12.1 Å². The Morgan fingerprint density at radius 1 is 0.944 bits per heavy atom. The third kappa shape index (κ3) is 3.72. The van der Waals surface area contributed by atoms with E-state index in [0.29, 0.717) is 0 Å². The highest BCUT2D eigenvalue weighted by Gasteiger charge is 2.07. The Morgan fingerprint density at radius 3 is 2.11 bits per heavy atom. The van der Waals surface area contributed by atoms with Crippen LogP contribution in [0.15, 0.2) is 59.5 Å². The number of rotatable bonds is 3. The second kappa shape index (κ2) is 5.73. The Morgan fingerprint density at radius 2 is 1.56 bits per heavy atom. The van der Waals surface area contributed by atoms with E-state index in [2.05, 4.69) is 16.1 Å². The highest BCUT2D eigenvalue weighted by Crippen LogP contribution is 2.14. The normalized spacial score (nSPS) is 12.3. The van der Waals surface area contributed by atoms with Crippen LogP contribution in [-0.2, 0) is 10.1 Å². The Labute approximate surface area is 116 Å². The summed E-state index contributed by atoms with van der Waals surface area (Å²) in [5.74, 6) is 0. The third-order valence-electron chi connectivity index (χ3n) is 2.22. The zero-order valence-electron chi connectivity index (χ0n) is 9.32. The summed E-state index contributed by atoms with van der Waals surface area (Å²) < 4.78 is 34.0. The first kappa shape index (κ1) is 13.4. The van der Waals surface area contributed by atoms with Crippen molar-refractivity contribution in [2.24, 2.45) is 0 Å². The molecule has 0 heterocycles. The van der Waals surface area contributed by atoms with Gasteiger partial charge < -0.3 is 0 Å². The van der Waals surface area contributed by atoms with Crippen LogP contribution in [0.25, 0.3) is 0 Å². The van der Waals surface area contributed by atoms with E-state index in [-0.39, 0.29) is 25.6 Å². The quantitative estimate of drug-likeness (QED) is 0.664. The number of halogens is 1. The lowest BCUT2D eigenvalue weighted by atomic mass is 10.2. The van der Waals surface area contributed by atoms with Gasteiger partial charge in [0.2, 0.25) is 0 Å². The lowest BCUT2D eigenvalue weighted by molar-refractivity contribution is 0.483. The summed E-state index contributed by atoms with van der Waals surface area (Å²) in [4.78, 5) is -0.0717. The van der Waals surface area contributed by atoms with Gasteiger partial charge in [0.15, 0.2) is 0 Å². The second-order valence-electron chi connectivity index (χ2n) is 3.56. The van der Waals surface area contributed by atoms with E-state index in [0.717, 1.165) is 5.56 Å². The molecule has 0 aromatic heterocycles. The van der Waals surface area contributed by atoms with Crippen LogP contribution in [0, 0.1) is 3.57 Å². The Bertz CT molecular complexity index is 646. The minimum atomic E-state index is -4.09. The van der Waals surface area contributed by atoms with Gasteiger partial charge in [0, 0.05) is 3.57 Å². The van der Waals surface area contributed by atoms with Crippen molar-refractivity contribution in [3.05, 3.63) is 63.7 Å². The van der Waals surface area contributed by atoms with E-state index in [1.165, 1.54) is 15.7 Å². The van der Waals surface area contributed by atoms with Crippen LogP contribution in [0.3, 0.4) is 0 Å². The van der Waals surface area contributed by atoms with E-state index >= 15 is 0 Å². The number of hydrogen-bond acceptors (Lipinski definition) is 2. The van der Waals surface area contributed by atoms with Gasteiger partial charge in [-0.1, -0.05) is 51.1 Å². The maximum Gasteiger partial charge on any atom is 0.294 e. The molecule has 0 atom stereocenters. The van der Waals surface area contributed by atoms with Crippen LogP contribution in [0.5, 0.6) is 0 Å². The molecule has 0 aliphatic carbocycles. The molecule has 1 N–H and O–H groups in total. The molecule has 0 amide bonds. The zero-order valence-corrected chi connectivity index (χ0v) is 12.3.